The Kier molecular flexibility index (Phi) is 6.13. The predicted octanol–water partition coefficient (Wildman–Crippen LogP) is -1.82. The van der Waals surface area contributed by atoms with Gasteiger partial charge in [-0.25, -0.2) is 4.79 Å². The third-order valence-corrected chi connectivity index (χ3v) is 4.60. The summed E-state index contributed by atoms with van der Waals surface area (Å²) < 4.78 is 5.96. The van der Waals surface area contributed by atoms with Gasteiger partial charge in [0, 0.05) is 19.4 Å². The van der Waals surface area contributed by atoms with Crippen LogP contribution in [0.15, 0.2) is 9.59 Å². The van der Waals surface area contributed by atoms with Gasteiger partial charge in [-0.3, -0.25) is 23.9 Å². The molecule has 1 aliphatic rings. The molecule has 0 amide bonds. The first kappa shape index (κ1) is 18.9. The number of esters is 1. The van der Waals surface area contributed by atoms with Crippen LogP contribution in [0.25, 0.3) is 0 Å². The quantitative estimate of drug-likeness (QED) is 0.408. The van der Waals surface area contributed by atoms with Gasteiger partial charge in [-0.2, -0.15) is 0 Å². The van der Waals surface area contributed by atoms with E-state index in [2.05, 4.69) is 4.98 Å². The second kappa shape index (κ2) is 8.11. The van der Waals surface area contributed by atoms with E-state index in [0.29, 0.717) is 38.9 Å². The fourth-order valence-electron chi connectivity index (χ4n) is 3.22. The summed E-state index contributed by atoms with van der Waals surface area (Å²) in [6.07, 6.45) is 1.92. The van der Waals surface area contributed by atoms with Gasteiger partial charge in [-0.1, -0.05) is 6.92 Å². The molecule has 0 atom stereocenters. The van der Waals surface area contributed by atoms with Crippen LogP contribution >= 0.6 is 0 Å². The summed E-state index contributed by atoms with van der Waals surface area (Å²) in [7, 11) is 1.37. The fraction of sp³-hybridized carbons (Fsp3) is 0.625. The van der Waals surface area contributed by atoms with Crippen LogP contribution < -0.4 is 21.9 Å². The number of carbonyl (C=O) groups excluding carboxylic acids is 2. The van der Waals surface area contributed by atoms with Gasteiger partial charge in [0.05, 0.1) is 26.1 Å². The Morgan fingerprint density at radius 2 is 1.96 bits per heavy atom. The number of hydrogen-bond donors (Lipinski definition) is 3. The average molecular weight is 353 g/mol. The van der Waals surface area contributed by atoms with Gasteiger partial charge >= 0.3 is 11.7 Å². The van der Waals surface area contributed by atoms with Crippen molar-refractivity contribution in [2.45, 2.75) is 32.7 Å². The Hall–Kier alpha value is -2.42. The summed E-state index contributed by atoms with van der Waals surface area (Å²) in [5.74, 6) is -0.832. The second-order valence-corrected chi connectivity index (χ2v) is 6.32. The number of rotatable bonds is 6. The molecule has 2 rings (SSSR count). The third kappa shape index (κ3) is 4.16. The van der Waals surface area contributed by atoms with E-state index in [1.165, 1.54) is 11.7 Å². The largest absolute Gasteiger partial charge is 0.469 e. The van der Waals surface area contributed by atoms with Gasteiger partial charge in [0.1, 0.15) is 17.9 Å². The number of hydrogen-bond acceptors (Lipinski definition) is 6. The van der Waals surface area contributed by atoms with E-state index < -0.39 is 17.0 Å². The molecule has 0 bridgehead atoms. The molecular weight excluding hydrogens is 328 g/mol. The first-order valence-corrected chi connectivity index (χ1v) is 8.46. The number of nitrogens with two attached hydrogens (primary N) is 1. The van der Waals surface area contributed by atoms with Gasteiger partial charge in [-0.15, -0.1) is 0 Å². The lowest BCUT2D eigenvalue weighted by atomic mass is 9.96. The number of H-pyrrole nitrogens is 1. The molecule has 1 aliphatic heterocycles. The maximum atomic E-state index is 12.6. The number of ether oxygens (including phenoxy) is 1. The zero-order valence-corrected chi connectivity index (χ0v) is 14.6. The van der Waals surface area contributed by atoms with Crippen molar-refractivity contribution >= 4 is 17.6 Å². The number of Topliss-reactive ketones (excluding diaryl/α,β-unsaturated/α-hetero) is 1. The summed E-state index contributed by atoms with van der Waals surface area (Å²) in [5, 5.41) is 0. The Bertz CT molecular complexity index is 759. The highest BCUT2D eigenvalue weighted by Crippen LogP contribution is 2.11. The number of quaternary nitrogens is 1. The van der Waals surface area contributed by atoms with Gasteiger partial charge < -0.3 is 15.4 Å². The van der Waals surface area contributed by atoms with Crippen LogP contribution in [0.4, 0.5) is 5.82 Å². The van der Waals surface area contributed by atoms with Gasteiger partial charge in [-0.05, 0) is 6.42 Å². The van der Waals surface area contributed by atoms with Crippen molar-refractivity contribution in [3.05, 3.63) is 26.4 Å². The van der Waals surface area contributed by atoms with Gasteiger partial charge in [0.15, 0.2) is 0 Å². The first-order chi connectivity index (χ1) is 11.9. The Balaban J connectivity index is 2.12. The number of piperidine rings is 1. The number of aromatic amines is 1. The molecule has 0 unspecified atom stereocenters. The molecule has 138 valence electrons. The zero-order valence-electron chi connectivity index (χ0n) is 14.6. The minimum absolute atomic E-state index is 0.0792. The van der Waals surface area contributed by atoms with Crippen LogP contribution in [0.5, 0.6) is 0 Å². The highest BCUT2D eigenvalue weighted by atomic mass is 16.5. The highest BCUT2D eigenvalue weighted by Gasteiger charge is 2.30. The number of aromatic nitrogens is 2. The summed E-state index contributed by atoms with van der Waals surface area (Å²) in [6, 6.07) is 0. The Morgan fingerprint density at radius 1 is 1.32 bits per heavy atom. The summed E-state index contributed by atoms with van der Waals surface area (Å²) in [4.78, 5) is 51.1. The van der Waals surface area contributed by atoms with Crippen LogP contribution in [0.1, 0.15) is 36.5 Å². The highest BCUT2D eigenvalue weighted by molar-refractivity contribution is 6.00. The lowest BCUT2D eigenvalue weighted by Crippen LogP contribution is -3.14. The summed E-state index contributed by atoms with van der Waals surface area (Å²) >= 11 is 0. The molecule has 0 spiro atoms. The van der Waals surface area contributed by atoms with E-state index >= 15 is 0 Å². The number of anilines is 1. The summed E-state index contributed by atoms with van der Waals surface area (Å²) in [6.45, 7) is 3.58. The topological polar surface area (TPSA) is 129 Å². The van der Waals surface area contributed by atoms with E-state index in [9.17, 15) is 19.2 Å². The zero-order chi connectivity index (χ0) is 18.6. The molecule has 1 aromatic heterocycles. The predicted molar refractivity (Wildman–Crippen MR) is 90.7 cm³/mol. The first-order valence-electron chi connectivity index (χ1n) is 8.46. The monoisotopic (exact) mass is 353 g/mol. The fourth-order valence-corrected chi connectivity index (χ4v) is 3.22. The average Bonchev–Trinajstić information content (AvgIpc) is 2.58. The number of carbonyl (C=O) groups is 2. The van der Waals surface area contributed by atoms with Crippen molar-refractivity contribution in [2.24, 2.45) is 5.92 Å². The van der Waals surface area contributed by atoms with Crippen molar-refractivity contribution in [3.8, 4) is 0 Å². The standard InChI is InChI=1S/C16H24N4O5/c1-3-6-20-13(17)12(14(22)18-16(20)24)11(21)9-19-7-4-10(5-8-19)15(23)25-2/h10H,3-9,17H2,1-2H3,(H,18,22,24)/p+1. The lowest BCUT2D eigenvalue weighted by molar-refractivity contribution is -0.897. The SMILES string of the molecule is CCCn1c(N)c(C(=O)C[NH+]2CCC(C(=O)OC)CC2)c(=O)[nH]c1=O. The van der Waals surface area contributed by atoms with Crippen molar-refractivity contribution in [3.63, 3.8) is 0 Å². The van der Waals surface area contributed by atoms with E-state index in [0.717, 1.165) is 4.90 Å². The molecular formula is C16H25N4O5+. The molecule has 25 heavy (non-hydrogen) atoms. The molecule has 0 radical (unpaired) electrons. The maximum Gasteiger partial charge on any atom is 0.329 e. The minimum atomic E-state index is -0.747. The number of nitrogen functional groups attached to an aromatic ring is 1. The Labute approximate surface area is 144 Å². The maximum absolute atomic E-state index is 12.6. The van der Waals surface area contributed by atoms with Crippen molar-refractivity contribution < 1.29 is 19.2 Å². The molecule has 4 N–H and O–H groups in total. The molecule has 0 aliphatic carbocycles. The van der Waals surface area contributed by atoms with Crippen LogP contribution in [0, 0.1) is 5.92 Å². The van der Waals surface area contributed by atoms with Gasteiger partial charge in [0.2, 0.25) is 5.78 Å². The van der Waals surface area contributed by atoms with E-state index in [4.69, 9.17) is 10.5 Å². The summed E-state index contributed by atoms with van der Waals surface area (Å²) in [5.41, 5.74) is 4.40. The molecule has 9 heteroatoms. The van der Waals surface area contributed by atoms with Gasteiger partial charge in [0.25, 0.3) is 5.56 Å². The van der Waals surface area contributed by atoms with E-state index in [-0.39, 0.29) is 29.8 Å². The number of nitrogens with one attached hydrogen (secondary N) is 2. The second-order valence-electron chi connectivity index (χ2n) is 6.32. The van der Waals surface area contributed by atoms with Crippen LogP contribution in [-0.2, 0) is 16.1 Å². The van der Waals surface area contributed by atoms with E-state index in [1.807, 2.05) is 6.92 Å². The number of methoxy groups -OCH3 is 1. The third-order valence-electron chi connectivity index (χ3n) is 4.60. The molecule has 1 saturated heterocycles. The van der Waals surface area contributed by atoms with Crippen molar-refractivity contribution in [2.75, 3.05) is 32.5 Å². The molecule has 1 aromatic rings. The normalized spacial score (nSPS) is 20.2. The van der Waals surface area contributed by atoms with Crippen LogP contribution in [0.3, 0.4) is 0 Å². The van der Waals surface area contributed by atoms with Crippen molar-refractivity contribution in [1.29, 1.82) is 0 Å². The lowest BCUT2D eigenvalue weighted by Gasteiger charge is -2.27. The van der Waals surface area contributed by atoms with Crippen LogP contribution in [0.2, 0.25) is 0 Å². The number of likely N-dealkylation sites (tertiary alicyclic amines) is 1. The molecule has 2 heterocycles. The van der Waals surface area contributed by atoms with Crippen molar-refractivity contribution in [1.82, 2.24) is 9.55 Å². The smallest absolute Gasteiger partial charge is 0.329 e. The molecule has 9 nitrogen and oxygen atoms in total. The Morgan fingerprint density at radius 3 is 2.52 bits per heavy atom. The molecule has 0 saturated carbocycles. The number of nitrogens with zero attached hydrogens (tertiary/aromatic N) is 1. The molecule has 0 aromatic carbocycles. The number of ketones is 1. The van der Waals surface area contributed by atoms with E-state index in [1.54, 1.807) is 0 Å². The van der Waals surface area contributed by atoms with Crippen LogP contribution in [-0.4, -0.2) is 48.0 Å². The molecule has 1 fully saturated rings. The minimum Gasteiger partial charge on any atom is -0.469 e.